The summed E-state index contributed by atoms with van der Waals surface area (Å²) < 4.78 is 12.9. The molecule has 0 bridgehead atoms. The first-order valence-corrected chi connectivity index (χ1v) is 7.75. The van der Waals surface area contributed by atoms with Gasteiger partial charge < -0.3 is 4.90 Å². The number of hydrogen-bond donors (Lipinski definition) is 0. The molecule has 0 N–H and O–H groups in total. The number of benzene rings is 1. The highest BCUT2D eigenvalue weighted by molar-refractivity contribution is 5.94. The predicted molar refractivity (Wildman–Crippen MR) is 84.3 cm³/mol. The molecule has 2 rings (SSSR count). The Kier molecular flexibility index (Phi) is 5.54. The third-order valence-electron chi connectivity index (χ3n) is 4.27. The second-order valence-corrected chi connectivity index (χ2v) is 6.06. The van der Waals surface area contributed by atoms with E-state index >= 15 is 0 Å². The summed E-state index contributed by atoms with van der Waals surface area (Å²) in [5.74, 6) is 0.418. The molecule has 1 fully saturated rings. The summed E-state index contributed by atoms with van der Waals surface area (Å²) in [5, 5.41) is 0. The largest absolute Gasteiger partial charge is 0.342 e. The van der Waals surface area contributed by atoms with Crippen molar-refractivity contribution in [3.05, 3.63) is 41.7 Å². The van der Waals surface area contributed by atoms with Crippen molar-refractivity contribution in [2.45, 2.75) is 39.0 Å². The van der Waals surface area contributed by atoms with Gasteiger partial charge in [-0.2, -0.15) is 0 Å². The lowest BCUT2D eigenvalue weighted by molar-refractivity contribution is -0.125. The number of hydrogen-bond acceptors (Lipinski definition) is 1. The molecule has 0 saturated heterocycles. The fraction of sp³-hybridized carbons (Fsp3) is 0.500. The highest BCUT2D eigenvalue weighted by atomic mass is 19.1. The number of carbonyl (C=O) groups excluding carboxylic acids is 1. The SMILES string of the molecule is C/C(=C/C(=O)N(C)CC1CCCCC1)c1ccc(F)cc1. The minimum Gasteiger partial charge on any atom is -0.342 e. The molecular weight excluding hydrogens is 265 g/mol. The Morgan fingerprint density at radius 2 is 1.86 bits per heavy atom. The third-order valence-corrected chi connectivity index (χ3v) is 4.27. The van der Waals surface area contributed by atoms with Crippen molar-refractivity contribution in [3.8, 4) is 0 Å². The van der Waals surface area contributed by atoms with Crippen LogP contribution in [0.3, 0.4) is 0 Å². The summed E-state index contributed by atoms with van der Waals surface area (Å²) in [4.78, 5) is 14.1. The molecule has 1 aromatic rings. The standard InChI is InChI=1S/C18H24FNO/c1-14(16-8-10-17(19)11-9-16)12-18(21)20(2)13-15-6-4-3-5-7-15/h8-12,15H,3-7,13H2,1-2H3/b14-12-. The average Bonchev–Trinajstić information content (AvgIpc) is 2.48. The number of amides is 1. The van der Waals surface area contributed by atoms with Crippen LogP contribution >= 0.6 is 0 Å². The van der Waals surface area contributed by atoms with Gasteiger partial charge in [0.2, 0.25) is 5.91 Å². The van der Waals surface area contributed by atoms with Gasteiger partial charge in [0.05, 0.1) is 0 Å². The van der Waals surface area contributed by atoms with E-state index < -0.39 is 0 Å². The number of carbonyl (C=O) groups is 1. The normalized spacial score (nSPS) is 16.8. The fourth-order valence-electron chi connectivity index (χ4n) is 2.94. The summed E-state index contributed by atoms with van der Waals surface area (Å²) in [7, 11) is 1.87. The maximum atomic E-state index is 12.9. The van der Waals surface area contributed by atoms with Gasteiger partial charge in [0, 0.05) is 19.7 Å². The van der Waals surface area contributed by atoms with Crippen LogP contribution in [0.5, 0.6) is 0 Å². The number of halogens is 1. The van der Waals surface area contributed by atoms with Gasteiger partial charge in [-0.25, -0.2) is 4.39 Å². The molecule has 0 heterocycles. The fourth-order valence-corrected chi connectivity index (χ4v) is 2.94. The smallest absolute Gasteiger partial charge is 0.246 e. The van der Waals surface area contributed by atoms with Crippen LogP contribution in [0.25, 0.3) is 5.57 Å². The van der Waals surface area contributed by atoms with Crippen LogP contribution < -0.4 is 0 Å². The molecule has 1 aromatic carbocycles. The van der Waals surface area contributed by atoms with Crippen LogP contribution in [0.2, 0.25) is 0 Å². The highest BCUT2D eigenvalue weighted by Gasteiger charge is 2.17. The van der Waals surface area contributed by atoms with E-state index in [9.17, 15) is 9.18 Å². The van der Waals surface area contributed by atoms with Gasteiger partial charge in [-0.15, -0.1) is 0 Å². The number of rotatable bonds is 4. The van der Waals surface area contributed by atoms with Crippen molar-refractivity contribution >= 4 is 11.5 Å². The average molecular weight is 289 g/mol. The minimum absolute atomic E-state index is 0.0300. The Morgan fingerprint density at radius 3 is 2.48 bits per heavy atom. The zero-order chi connectivity index (χ0) is 15.2. The van der Waals surface area contributed by atoms with Gasteiger partial charge in [-0.3, -0.25) is 4.79 Å². The topological polar surface area (TPSA) is 20.3 Å². The van der Waals surface area contributed by atoms with Crippen molar-refractivity contribution in [3.63, 3.8) is 0 Å². The summed E-state index contributed by atoms with van der Waals surface area (Å²) in [6, 6.07) is 6.25. The van der Waals surface area contributed by atoms with Gasteiger partial charge in [0.15, 0.2) is 0 Å². The van der Waals surface area contributed by atoms with Crippen LogP contribution in [-0.2, 0) is 4.79 Å². The van der Waals surface area contributed by atoms with Crippen molar-refractivity contribution in [1.82, 2.24) is 4.90 Å². The Bertz CT molecular complexity index is 500. The molecule has 21 heavy (non-hydrogen) atoms. The van der Waals surface area contributed by atoms with Crippen LogP contribution in [0, 0.1) is 11.7 Å². The zero-order valence-corrected chi connectivity index (χ0v) is 12.9. The lowest BCUT2D eigenvalue weighted by Crippen LogP contribution is -2.31. The summed E-state index contributed by atoms with van der Waals surface area (Å²) in [6.45, 7) is 2.73. The number of nitrogens with zero attached hydrogens (tertiary/aromatic N) is 1. The first-order valence-electron chi connectivity index (χ1n) is 7.75. The summed E-state index contributed by atoms with van der Waals surface area (Å²) in [5.41, 5.74) is 1.76. The summed E-state index contributed by atoms with van der Waals surface area (Å²) in [6.07, 6.45) is 8.03. The van der Waals surface area contributed by atoms with Crippen LogP contribution in [0.1, 0.15) is 44.6 Å². The highest BCUT2D eigenvalue weighted by Crippen LogP contribution is 2.24. The first kappa shape index (κ1) is 15.7. The van der Waals surface area contributed by atoms with E-state index in [4.69, 9.17) is 0 Å². The van der Waals surface area contributed by atoms with Gasteiger partial charge in [0.25, 0.3) is 0 Å². The molecule has 114 valence electrons. The van der Waals surface area contributed by atoms with E-state index in [1.165, 1.54) is 44.2 Å². The van der Waals surface area contributed by atoms with Crippen LogP contribution in [0.15, 0.2) is 30.3 Å². The molecule has 2 nitrogen and oxygen atoms in total. The van der Waals surface area contributed by atoms with Crippen molar-refractivity contribution in [2.24, 2.45) is 5.92 Å². The quantitative estimate of drug-likeness (QED) is 0.758. The van der Waals surface area contributed by atoms with Gasteiger partial charge >= 0.3 is 0 Å². The number of likely N-dealkylation sites (N-methyl/N-ethyl adjacent to an activating group) is 1. The molecule has 0 atom stereocenters. The van der Waals surface area contributed by atoms with Gasteiger partial charge in [-0.1, -0.05) is 31.4 Å². The first-order chi connectivity index (χ1) is 10.1. The zero-order valence-electron chi connectivity index (χ0n) is 12.9. The van der Waals surface area contributed by atoms with E-state index in [2.05, 4.69) is 0 Å². The Balaban J connectivity index is 1.94. The molecule has 1 saturated carbocycles. The molecular formula is C18H24FNO. The van der Waals surface area contributed by atoms with E-state index in [0.717, 1.165) is 17.7 Å². The van der Waals surface area contributed by atoms with Crippen LogP contribution in [0.4, 0.5) is 4.39 Å². The van der Waals surface area contributed by atoms with Crippen molar-refractivity contribution in [2.75, 3.05) is 13.6 Å². The lowest BCUT2D eigenvalue weighted by Gasteiger charge is -2.26. The molecule has 1 amide bonds. The Labute approximate surface area is 126 Å². The van der Waals surface area contributed by atoms with E-state index in [-0.39, 0.29) is 11.7 Å². The molecule has 0 unspecified atom stereocenters. The Hall–Kier alpha value is -1.64. The van der Waals surface area contributed by atoms with E-state index in [1.807, 2.05) is 18.9 Å². The minimum atomic E-state index is -0.257. The van der Waals surface area contributed by atoms with E-state index in [0.29, 0.717) is 5.92 Å². The number of allylic oxidation sites excluding steroid dienone is 1. The van der Waals surface area contributed by atoms with Crippen LogP contribution in [-0.4, -0.2) is 24.4 Å². The second-order valence-electron chi connectivity index (χ2n) is 6.06. The molecule has 1 aliphatic rings. The maximum absolute atomic E-state index is 12.9. The van der Waals surface area contributed by atoms with Gasteiger partial charge in [-0.05, 0) is 49.0 Å². The lowest BCUT2D eigenvalue weighted by atomic mass is 9.89. The second kappa shape index (κ2) is 7.39. The predicted octanol–water partition coefficient (Wildman–Crippen LogP) is 4.27. The Morgan fingerprint density at radius 1 is 1.24 bits per heavy atom. The summed E-state index contributed by atoms with van der Waals surface area (Å²) >= 11 is 0. The molecule has 1 aliphatic carbocycles. The molecule has 0 aromatic heterocycles. The third kappa shape index (κ3) is 4.69. The van der Waals surface area contributed by atoms with Gasteiger partial charge in [0.1, 0.15) is 5.82 Å². The van der Waals surface area contributed by atoms with Crippen molar-refractivity contribution < 1.29 is 9.18 Å². The maximum Gasteiger partial charge on any atom is 0.246 e. The molecule has 0 radical (unpaired) electrons. The monoisotopic (exact) mass is 289 g/mol. The molecule has 0 aliphatic heterocycles. The molecule has 0 spiro atoms. The van der Waals surface area contributed by atoms with E-state index in [1.54, 1.807) is 18.2 Å². The van der Waals surface area contributed by atoms with Crippen molar-refractivity contribution in [1.29, 1.82) is 0 Å². The molecule has 3 heteroatoms.